The zero-order valence-corrected chi connectivity index (χ0v) is 17.6. The topological polar surface area (TPSA) is 114 Å². The molecule has 0 radical (unpaired) electrons. The van der Waals surface area contributed by atoms with Crippen molar-refractivity contribution in [3.05, 3.63) is 53.6 Å². The fourth-order valence-corrected chi connectivity index (χ4v) is 4.52. The van der Waals surface area contributed by atoms with Gasteiger partial charge in [0.05, 0.1) is 24.5 Å². The highest BCUT2D eigenvalue weighted by Crippen LogP contribution is 2.24. The van der Waals surface area contributed by atoms with Crippen LogP contribution in [0.1, 0.15) is 28.8 Å². The van der Waals surface area contributed by atoms with Crippen LogP contribution in [0.15, 0.2) is 47.4 Å². The largest absolute Gasteiger partial charge is 0.497 e. The predicted octanol–water partition coefficient (Wildman–Crippen LogP) is 2.51. The van der Waals surface area contributed by atoms with Gasteiger partial charge in [0.2, 0.25) is 10.0 Å². The first-order valence-corrected chi connectivity index (χ1v) is 11.2. The highest BCUT2D eigenvalue weighted by Gasteiger charge is 2.23. The molecule has 0 spiro atoms. The molecule has 162 valence electrons. The SMILES string of the molecule is COc1ccc(CCNc2ccc(C(=O)O)cc2S(=O)(=O)NCC2CCCO2)cc1. The van der Waals surface area contributed by atoms with Gasteiger partial charge in [0.15, 0.2) is 0 Å². The van der Waals surface area contributed by atoms with Crippen LogP contribution in [0, 0.1) is 0 Å². The van der Waals surface area contributed by atoms with Crippen molar-refractivity contribution >= 4 is 21.7 Å². The zero-order chi connectivity index (χ0) is 21.6. The minimum atomic E-state index is -3.91. The molecule has 1 fully saturated rings. The smallest absolute Gasteiger partial charge is 0.335 e. The van der Waals surface area contributed by atoms with E-state index in [1.165, 1.54) is 18.2 Å². The van der Waals surface area contributed by atoms with Gasteiger partial charge in [0, 0.05) is 19.7 Å². The van der Waals surface area contributed by atoms with Crippen LogP contribution in [-0.2, 0) is 21.2 Å². The molecular formula is C21H26N2O6S. The Labute approximate surface area is 176 Å². The Bertz CT molecular complexity index is 969. The molecule has 3 N–H and O–H groups in total. The summed E-state index contributed by atoms with van der Waals surface area (Å²) in [5, 5.41) is 12.4. The Hall–Kier alpha value is -2.62. The number of rotatable bonds is 10. The second-order valence-electron chi connectivity index (χ2n) is 7.03. The van der Waals surface area contributed by atoms with Gasteiger partial charge in [-0.3, -0.25) is 0 Å². The highest BCUT2D eigenvalue weighted by atomic mass is 32.2. The van der Waals surface area contributed by atoms with E-state index in [2.05, 4.69) is 10.0 Å². The van der Waals surface area contributed by atoms with E-state index < -0.39 is 16.0 Å². The van der Waals surface area contributed by atoms with Crippen LogP contribution >= 0.6 is 0 Å². The van der Waals surface area contributed by atoms with Gasteiger partial charge in [0.25, 0.3) is 0 Å². The minimum Gasteiger partial charge on any atom is -0.497 e. The summed E-state index contributed by atoms with van der Waals surface area (Å²) in [6.45, 7) is 1.26. The van der Waals surface area contributed by atoms with Crippen LogP contribution in [0.2, 0.25) is 0 Å². The number of hydrogen-bond donors (Lipinski definition) is 3. The number of hydrogen-bond acceptors (Lipinski definition) is 6. The van der Waals surface area contributed by atoms with E-state index in [0.717, 1.165) is 24.2 Å². The molecule has 1 heterocycles. The zero-order valence-electron chi connectivity index (χ0n) is 16.8. The molecule has 1 saturated heterocycles. The summed E-state index contributed by atoms with van der Waals surface area (Å²) in [7, 11) is -2.31. The molecule has 0 aliphatic carbocycles. The molecule has 3 rings (SSSR count). The Balaban J connectivity index is 1.72. The van der Waals surface area contributed by atoms with Gasteiger partial charge in [-0.2, -0.15) is 0 Å². The van der Waals surface area contributed by atoms with Gasteiger partial charge < -0.3 is 19.9 Å². The summed E-state index contributed by atoms with van der Waals surface area (Å²) >= 11 is 0. The van der Waals surface area contributed by atoms with E-state index in [9.17, 15) is 18.3 Å². The molecule has 0 amide bonds. The normalized spacial score (nSPS) is 16.4. The monoisotopic (exact) mass is 434 g/mol. The van der Waals surface area contributed by atoms with Gasteiger partial charge in [-0.15, -0.1) is 0 Å². The fourth-order valence-electron chi connectivity index (χ4n) is 3.24. The standard InChI is InChI=1S/C21H26N2O6S/c1-28-17-7-4-15(5-8-17)10-11-22-19-9-6-16(21(24)25)13-20(19)30(26,27)23-14-18-3-2-12-29-18/h4-9,13,18,22-23H,2-3,10-12,14H2,1H3,(H,24,25). The van der Waals surface area contributed by atoms with E-state index >= 15 is 0 Å². The van der Waals surface area contributed by atoms with Crippen molar-refractivity contribution in [2.45, 2.75) is 30.3 Å². The number of carboxylic acids is 1. The maximum absolute atomic E-state index is 12.9. The first-order chi connectivity index (χ1) is 14.4. The van der Waals surface area contributed by atoms with Crippen LogP contribution < -0.4 is 14.8 Å². The number of benzene rings is 2. The van der Waals surface area contributed by atoms with Gasteiger partial charge >= 0.3 is 5.97 Å². The van der Waals surface area contributed by atoms with Gasteiger partial charge in [0.1, 0.15) is 10.6 Å². The van der Waals surface area contributed by atoms with E-state index in [0.29, 0.717) is 25.3 Å². The average molecular weight is 435 g/mol. The van der Waals surface area contributed by atoms with Crippen molar-refractivity contribution in [2.75, 3.05) is 32.1 Å². The van der Waals surface area contributed by atoms with Crippen molar-refractivity contribution in [3.63, 3.8) is 0 Å². The lowest BCUT2D eigenvalue weighted by Gasteiger charge is -2.16. The average Bonchev–Trinajstić information content (AvgIpc) is 3.26. The lowest BCUT2D eigenvalue weighted by Crippen LogP contribution is -2.32. The summed E-state index contributed by atoms with van der Waals surface area (Å²) in [5.74, 6) is -0.419. The maximum atomic E-state index is 12.9. The Morgan fingerprint density at radius 3 is 2.63 bits per heavy atom. The lowest BCUT2D eigenvalue weighted by atomic mass is 10.1. The molecule has 0 bridgehead atoms. The molecule has 9 heteroatoms. The van der Waals surface area contributed by atoms with Crippen LogP contribution in [0.5, 0.6) is 5.75 Å². The van der Waals surface area contributed by atoms with Crippen molar-refractivity contribution in [2.24, 2.45) is 0 Å². The molecule has 0 saturated carbocycles. The van der Waals surface area contributed by atoms with E-state index in [1.54, 1.807) is 7.11 Å². The summed E-state index contributed by atoms with van der Waals surface area (Å²) in [6, 6.07) is 11.7. The van der Waals surface area contributed by atoms with E-state index in [4.69, 9.17) is 9.47 Å². The number of sulfonamides is 1. The first-order valence-electron chi connectivity index (χ1n) is 9.74. The second kappa shape index (κ2) is 9.92. The van der Waals surface area contributed by atoms with Crippen LogP contribution in [-0.4, -0.2) is 52.4 Å². The Morgan fingerprint density at radius 1 is 1.23 bits per heavy atom. The quantitative estimate of drug-likeness (QED) is 0.526. The number of methoxy groups -OCH3 is 1. The molecule has 30 heavy (non-hydrogen) atoms. The molecule has 1 atom stereocenters. The predicted molar refractivity (Wildman–Crippen MR) is 113 cm³/mol. The summed E-state index contributed by atoms with van der Waals surface area (Å²) < 4.78 is 38.9. The number of nitrogens with one attached hydrogen (secondary N) is 2. The molecule has 1 unspecified atom stereocenters. The third-order valence-electron chi connectivity index (χ3n) is 4.93. The summed E-state index contributed by atoms with van der Waals surface area (Å²) in [6.07, 6.45) is 2.20. The Morgan fingerprint density at radius 2 is 2.00 bits per heavy atom. The maximum Gasteiger partial charge on any atom is 0.335 e. The van der Waals surface area contributed by atoms with Gasteiger partial charge in [-0.25, -0.2) is 17.9 Å². The molecular weight excluding hydrogens is 408 g/mol. The van der Waals surface area contributed by atoms with E-state index in [1.807, 2.05) is 24.3 Å². The minimum absolute atomic E-state index is 0.0878. The molecule has 1 aliphatic heterocycles. The first kappa shape index (κ1) is 22.1. The molecule has 2 aromatic rings. The summed E-state index contributed by atoms with van der Waals surface area (Å²) in [5.41, 5.74) is 1.33. The number of aromatic carboxylic acids is 1. The molecule has 0 aromatic heterocycles. The number of anilines is 1. The summed E-state index contributed by atoms with van der Waals surface area (Å²) in [4.78, 5) is 11.3. The molecule has 8 nitrogen and oxygen atoms in total. The van der Waals surface area contributed by atoms with Crippen LogP contribution in [0.25, 0.3) is 0 Å². The Kier molecular flexibility index (Phi) is 7.30. The van der Waals surface area contributed by atoms with Crippen molar-refractivity contribution < 1.29 is 27.8 Å². The molecule has 2 aromatic carbocycles. The molecule has 1 aliphatic rings. The fraction of sp³-hybridized carbons (Fsp3) is 0.381. The van der Waals surface area contributed by atoms with Gasteiger partial charge in [-0.1, -0.05) is 12.1 Å². The van der Waals surface area contributed by atoms with Crippen molar-refractivity contribution in [1.29, 1.82) is 0 Å². The van der Waals surface area contributed by atoms with Crippen LogP contribution in [0.4, 0.5) is 5.69 Å². The number of carbonyl (C=O) groups is 1. The third kappa shape index (κ3) is 5.71. The number of ether oxygens (including phenoxy) is 2. The number of carboxylic acid groups (broad SMARTS) is 1. The van der Waals surface area contributed by atoms with E-state index in [-0.39, 0.29) is 23.1 Å². The van der Waals surface area contributed by atoms with Crippen molar-refractivity contribution in [3.8, 4) is 5.75 Å². The second-order valence-corrected chi connectivity index (χ2v) is 8.76. The lowest BCUT2D eigenvalue weighted by molar-refractivity contribution is 0.0696. The van der Waals surface area contributed by atoms with Crippen molar-refractivity contribution in [1.82, 2.24) is 4.72 Å². The van der Waals surface area contributed by atoms with Gasteiger partial charge in [-0.05, 0) is 55.2 Å². The third-order valence-corrected chi connectivity index (χ3v) is 6.39. The highest BCUT2D eigenvalue weighted by molar-refractivity contribution is 7.89. The van der Waals surface area contributed by atoms with Crippen LogP contribution in [0.3, 0.4) is 0 Å².